The van der Waals surface area contributed by atoms with Crippen molar-refractivity contribution < 1.29 is 33.8 Å². The van der Waals surface area contributed by atoms with Crippen molar-refractivity contribution in [2.45, 2.75) is 83.3 Å². The van der Waals surface area contributed by atoms with E-state index in [1.54, 1.807) is 11.0 Å². The first kappa shape index (κ1) is 33.3. The maximum absolute atomic E-state index is 14.9. The van der Waals surface area contributed by atoms with Crippen molar-refractivity contribution in [1.29, 1.82) is 0 Å². The number of carbonyl (C=O) groups is 4. The molecule has 5 bridgehead atoms. The lowest BCUT2D eigenvalue weighted by Crippen LogP contribution is -2.61. The van der Waals surface area contributed by atoms with E-state index >= 15 is 0 Å². The zero-order valence-corrected chi connectivity index (χ0v) is 28.2. The molecule has 0 radical (unpaired) electrons. The zero-order chi connectivity index (χ0) is 32.7. The summed E-state index contributed by atoms with van der Waals surface area (Å²) in [6.07, 6.45) is 5.26. The number of aliphatic hydroxyl groups is 1. The molecule has 4 aliphatic heterocycles. The average molecular weight is 687 g/mol. The third-order valence-corrected chi connectivity index (χ3v) is 9.82. The highest BCUT2D eigenvalue weighted by atomic mass is 79.9. The second-order valence-electron chi connectivity index (χ2n) is 14.2. The number of ether oxygens (including phenoxy) is 2. The Balaban J connectivity index is 1.61. The van der Waals surface area contributed by atoms with Crippen molar-refractivity contribution >= 4 is 39.6 Å². The van der Waals surface area contributed by atoms with Gasteiger partial charge in [-0.3, -0.25) is 19.2 Å². The number of hydrogen-bond acceptors (Lipinski definition) is 7. The number of cyclic esters (lactones) is 1. The Labute approximate surface area is 273 Å². The van der Waals surface area contributed by atoms with Gasteiger partial charge < -0.3 is 29.7 Å². The minimum absolute atomic E-state index is 0.0594. The fourth-order valence-corrected chi connectivity index (χ4v) is 8.45. The van der Waals surface area contributed by atoms with Crippen LogP contribution < -0.4 is 5.32 Å². The highest BCUT2D eigenvalue weighted by Crippen LogP contribution is 2.59. The van der Waals surface area contributed by atoms with E-state index in [4.69, 9.17) is 9.47 Å². The van der Waals surface area contributed by atoms with Crippen LogP contribution in [0.1, 0.15) is 65.5 Å². The molecule has 2 N–H and O–H groups in total. The molecule has 4 heterocycles. The van der Waals surface area contributed by atoms with Gasteiger partial charge >= 0.3 is 5.97 Å². The number of rotatable bonds is 5. The van der Waals surface area contributed by atoms with Crippen molar-refractivity contribution in [2.24, 2.45) is 17.3 Å². The van der Waals surface area contributed by atoms with Crippen molar-refractivity contribution in [1.82, 2.24) is 15.1 Å². The number of fused-ring (bicyclic) bond motifs is 2. The Hall–Kier alpha value is -3.02. The smallest absolute Gasteiger partial charge is 0.313 e. The molecule has 2 saturated heterocycles. The summed E-state index contributed by atoms with van der Waals surface area (Å²) in [5.74, 6) is -3.66. The van der Waals surface area contributed by atoms with E-state index in [9.17, 15) is 24.3 Å². The lowest BCUT2D eigenvalue weighted by molar-refractivity contribution is -0.160. The predicted molar refractivity (Wildman–Crippen MR) is 171 cm³/mol. The maximum Gasteiger partial charge on any atom is 0.313 e. The van der Waals surface area contributed by atoms with Crippen LogP contribution >= 0.6 is 15.9 Å². The summed E-state index contributed by atoms with van der Waals surface area (Å²) in [5, 5.41) is 12.9. The second-order valence-corrected chi connectivity index (χ2v) is 15.1. The van der Waals surface area contributed by atoms with Crippen LogP contribution in [-0.2, 0) is 28.7 Å². The highest BCUT2D eigenvalue weighted by molar-refractivity contribution is 9.11. The molecule has 1 spiro atoms. The molecule has 0 unspecified atom stereocenters. The number of aliphatic hydroxyl groups excluding tert-OH is 1. The van der Waals surface area contributed by atoms with Crippen molar-refractivity contribution in [3.8, 4) is 0 Å². The predicted octanol–water partition coefficient (Wildman–Crippen LogP) is 3.65. The molecular weight excluding hydrogens is 642 g/mol. The Bertz CT molecular complexity index is 1390. The number of amides is 3. The molecule has 11 heteroatoms. The monoisotopic (exact) mass is 685 g/mol. The van der Waals surface area contributed by atoms with E-state index in [1.165, 1.54) is 4.90 Å². The molecular formula is C34H44BrN3O7. The lowest BCUT2D eigenvalue weighted by atomic mass is 9.74. The van der Waals surface area contributed by atoms with Gasteiger partial charge in [0.1, 0.15) is 29.8 Å². The number of esters is 1. The van der Waals surface area contributed by atoms with E-state index in [2.05, 4.69) is 42.0 Å². The first-order chi connectivity index (χ1) is 21.2. The Morgan fingerprint density at radius 2 is 1.76 bits per heavy atom. The van der Waals surface area contributed by atoms with Crippen LogP contribution in [0, 0.1) is 17.3 Å². The van der Waals surface area contributed by atoms with E-state index in [-0.39, 0.29) is 49.9 Å². The Kier molecular flexibility index (Phi) is 9.37. The number of β-amino-alcohol motifs (C(OH)–C–C–N with tert-alkyl or cyclic N) is 1. The van der Waals surface area contributed by atoms with Crippen LogP contribution in [0.2, 0.25) is 0 Å². The standard InChI is InChI=1S/C34H44BrN3O7/c1-32(2,3)20-33(4,5)38-15-11-7-10-14-24(40)36-19-23(21-12-8-6-9-13-21)44-31(43)25-26-29(41)37(16-17-39)28(30(38)42)34(26)18-22(35)27(25)45-34/h6-9,11-13,18,23,25-28,39H,10,14-17,19-20H2,1-5H3,(H,36,40)/b11-7-/t23-,25-,26+,27-,28-,34+/m0/s1. The largest absolute Gasteiger partial charge is 0.455 e. The summed E-state index contributed by atoms with van der Waals surface area (Å²) in [5.41, 5.74) is -1.49. The van der Waals surface area contributed by atoms with Gasteiger partial charge in [-0.2, -0.15) is 0 Å². The third kappa shape index (κ3) is 6.36. The molecule has 0 saturated carbocycles. The quantitative estimate of drug-likeness (QED) is 0.358. The van der Waals surface area contributed by atoms with Gasteiger partial charge in [-0.05, 0) is 43.7 Å². The molecule has 45 heavy (non-hydrogen) atoms. The summed E-state index contributed by atoms with van der Waals surface area (Å²) >= 11 is 3.57. The Morgan fingerprint density at radius 1 is 1.04 bits per heavy atom. The number of likely N-dealkylation sites (tertiary alicyclic amines) is 1. The molecule has 1 aromatic rings. The topological polar surface area (TPSA) is 125 Å². The normalized spacial score (nSPS) is 31.9. The second kappa shape index (κ2) is 12.6. The number of benzene rings is 1. The van der Waals surface area contributed by atoms with Gasteiger partial charge in [0.2, 0.25) is 17.7 Å². The van der Waals surface area contributed by atoms with Gasteiger partial charge in [0.05, 0.1) is 19.1 Å². The first-order valence-electron chi connectivity index (χ1n) is 15.7. The van der Waals surface area contributed by atoms with E-state index in [0.717, 1.165) is 0 Å². The molecule has 10 nitrogen and oxygen atoms in total. The van der Waals surface area contributed by atoms with Gasteiger partial charge in [0.25, 0.3) is 0 Å². The highest BCUT2D eigenvalue weighted by Gasteiger charge is 2.75. The van der Waals surface area contributed by atoms with Gasteiger partial charge in [0, 0.05) is 29.5 Å². The summed E-state index contributed by atoms with van der Waals surface area (Å²) < 4.78 is 13.2. The molecule has 1 aromatic carbocycles. The number of hydrogen-bond donors (Lipinski definition) is 2. The van der Waals surface area contributed by atoms with Crippen LogP contribution in [-0.4, -0.2) is 88.1 Å². The summed E-state index contributed by atoms with van der Waals surface area (Å²) in [6, 6.07) is 8.02. The molecule has 2 fully saturated rings. The van der Waals surface area contributed by atoms with Gasteiger partial charge in [0.15, 0.2) is 0 Å². The minimum atomic E-state index is -1.43. The van der Waals surface area contributed by atoms with Crippen LogP contribution in [0.15, 0.2) is 53.0 Å². The van der Waals surface area contributed by atoms with Crippen molar-refractivity contribution in [3.05, 3.63) is 58.6 Å². The van der Waals surface area contributed by atoms with Gasteiger partial charge in [-0.1, -0.05) is 79.2 Å². The van der Waals surface area contributed by atoms with Gasteiger partial charge in [-0.15, -0.1) is 0 Å². The van der Waals surface area contributed by atoms with E-state index < -0.39 is 53.1 Å². The number of allylic oxidation sites excluding steroid dienone is 1. The summed E-state index contributed by atoms with van der Waals surface area (Å²) in [7, 11) is 0. The van der Waals surface area contributed by atoms with Crippen LogP contribution in [0.4, 0.5) is 0 Å². The fraction of sp³-hybridized carbons (Fsp3) is 0.588. The minimum Gasteiger partial charge on any atom is -0.455 e. The molecule has 0 aromatic heterocycles. The summed E-state index contributed by atoms with van der Waals surface area (Å²) in [6.45, 7) is 10.2. The first-order valence-corrected chi connectivity index (χ1v) is 16.5. The number of nitrogens with one attached hydrogen (secondary N) is 1. The molecule has 3 amide bonds. The van der Waals surface area contributed by atoms with Crippen molar-refractivity contribution in [2.75, 3.05) is 26.2 Å². The van der Waals surface area contributed by atoms with Crippen molar-refractivity contribution in [3.63, 3.8) is 0 Å². The average Bonchev–Trinajstić information content (AvgIpc) is 3.54. The maximum atomic E-state index is 14.9. The zero-order valence-electron chi connectivity index (χ0n) is 26.6. The number of halogens is 1. The Morgan fingerprint density at radius 3 is 2.42 bits per heavy atom. The van der Waals surface area contributed by atoms with E-state index in [1.807, 2.05) is 56.3 Å². The molecule has 6 atom stereocenters. The van der Waals surface area contributed by atoms with Gasteiger partial charge in [-0.25, -0.2) is 0 Å². The van der Waals surface area contributed by atoms with Crippen LogP contribution in [0.5, 0.6) is 0 Å². The molecule has 244 valence electrons. The number of carbonyl (C=O) groups excluding carboxylic acids is 4. The number of nitrogens with zero attached hydrogens (tertiary/aromatic N) is 2. The third-order valence-electron chi connectivity index (χ3n) is 9.14. The summed E-state index contributed by atoms with van der Waals surface area (Å²) in [4.78, 5) is 59.1. The molecule has 4 aliphatic rings. The molecule has 5 rings (SSSR count). The van der Waals surface area contributed by atoms with E-state index in [0.29, 0.717) is 22.9 Å². The fourth-order valence-electron chi connectivity index (χ4n) is 7.71. The lowest BCUT2D eigenvalue weighted by Gasteiger charge is -2.45. The van der Waals surface area contributed by atoms with Crippen LogP contribution in [0.25, 0.3) is 0 Å². The molecule has 0 aliphatic carbocycles. The van der Waals surface area contributed by atoms with Crippen LogP contribution in [0.3, 0.4) is 0 Å². The SMILES string of the molecule is CC(C)(C)CC(C)(C)N1C/C=C\CCC(=O)NC[C@@H](c2ccccc2)OC(=O)[C@@H]2[C@H]3O[C@@]4(C=C3Br)[C@H](C1=O)N(CCO)C(=O)[C@@H]24.